The molecule has 1 fully saturated rings. The Kier molecular flexibility index (Phi) is 4.14. The molecule has 2 N–H and O–H groups in total. The highest BCUT2D eigenvalue weighted by atomic mass is 16.2. The Hall–Kier alpha value is -3.23. The highest BCUT2D eigenvalue weighted by Gasteiger charge is 2.46. The smallest absolute Gasteiger partial charge is 0.274 e. The van der Waals surface area contributed by atoms with E-state index in [1.807, 2.05) is 6.92 Å². The van der Waals surface area contributed by atoms with Crippen LogP contribution in [0.1, 0.15) is 40.6 Å². The van der Waals surface area contributed by atoms with Gasteiger partial charge in [-0.3, -0.25) is 14.4 Å². The van der Waals surface area contributed by atoms with E-state index in [-0.39, 0.29) is 23.1 Å². The Labute approximate surface area is 155 Å². The van der Waals surface area contributed by atoms with Gasteiger partial charge in [-0.1, -0.05) is 0 Å². The number of H-pyrrole nitrogens is 1. The number of hydrogen-bond donors (Lipinski definition) is 2. The van der Waals surface area contributed by atoms with E-state index in [1.165, 1.54) is 12.1 Å². The van der Waals surface area contributed by atoms with Crippen molar-refractivity contribution in [2.45, 2.75) is 25.4 Å². The van der Waals surface area contributed by atoms with Crippen molar-refractivity contribution >= 4 is 17.6 Å². The third-order valence-corrected chi connectivity index (χ3v) is 5.24. The first-order chi connectivity index (χ1) is 13.0. The third-order valence-electron chi connectivity index (χ3n) is 5.24. The zero-order valence-corrected chi connectivity index (χ0v) is 14.9. The molecule has 27 heavy (non-hydrogen) atoms. The fourth-order valence-electron chi connectivity index (χ4n) is 3.89. The Morgan fingerprint density at radius 2 is 2.00 bits per heavy atom. The molecule has 0 atom stereocenters. The summed E-state index contributed by atoms with van der Waals surface area (Å²) in [6.07, 6.45) is 2.85. The quantitative estimate of drug-likeness (QED) is 0.792. The van der Waals surface area contributed by atoms with E-state index in [4.69, 9.17) is 0 Å². The van der Waals surface area contributed by atoms with Crippen LogP contribution in [0.15, 0.2) is 35.3 Å². The van der Waals surface area contributed by atoms with E-state index in [2.05, 4.69) is 25.4 Å². The minimum atomic E-state index is -0.553. The van der Waals surface area contributed by atoms with Crippen molar-refractivity contribution in [1.29, 1.82) is 0 Å². The van der Waals surface area contributed by atoms with Gasteiger partial charge >= 0.3 is 0 Å². The van der Waals surface area contributed by atoms with Gasteiger partial charge in [0.25, 0.3) is 17.4 Å². The molecule has 9 heteroatoms. The maximum Gasteiger partial charge on any atom is 0.274 e. The zero-order valence-electron chi connectivity index (χ0n) is 14.9. The minimum absolute atomic E-state index is 0.134. The number of carbonyl (C=O) groups excluding carboxylic acids is 2. The van der Waals surface area contributed by atoms with Crippen LogP contribution in [0.4, 0.5) is 5.82 Å². The summed E-state index contributed by atoms with van der Waals surface area (Å²) < 4.78 is 0. The normalized spacial score (nSPS) is 18.2. The number of rotatable bonds is 2. The van der Waals surface area contributed by atoms with Crippen LogP contribution in [0.2, 0.25) is 0 Å². The molecule has 4 rings (SSSR count). The Morgan fingerprint density at radius 1 is 1.22 bits per heavy atom. The molecule has 1 spiro atoms. The summed E-state index contributed by atoms with van der Waals surface area (Å²) in [5, 5.41) is 9.24. The number of amides is 2. The number of aromatic amines is 1. The van der Waals surface area contributed by atoms with Crippen molar-refractivity contribution in [1.82, 2.24) is 25.4 Å². The molecule has 2 aliphatic rings. The number of nitrogens with zero attached hydrogens (tertiary/aromatic N) is 4. The van der Waals surface area contributed by atoms with E-state index in [0.717, 1.165) is 0 Å². The maximum atomic E-state index is 12.6. The maximum absolute atomic E-state index is 12.6. The van der Waals surface area contributed by atoms with Crippen molar-refractivity contribution in [3.8, 4) is 0 Å². The molecule has 4 heterocycles. The molecular formula is C18H20N6O3. The molecular weight excluding hydrogens is 348 g/mol. The minimum Gasteiger partial charge on any atom is -0.337 e. The lowest BCUT2D eigenvalue weighted by atomic mass is 9.91. The molecule has 1 saturated heterocycles. The predicted molar refractivity (Wildman–Crippen MR) is 97.4 cm³/mol. The molecule has 0 saturated carbocycles. The number of aromatic nitrogens is 3. The molecule has 0 bridgehead atoms. The molecule has 2 amide bonds. The first kappa shape index (κ1) is 17.2. The average Bonchev–Trinajstić information content (AvgIpc) is 2.69. The summed E-state index contributed by atoms with van der Waals surface area (Å²) in [4.78, 5) is 44.6. The fraction of sp³-hybridized carbons (Fsp3) is 0.389. The number of nitrogens with one attached hydrogen (secondary N) is 2. The standard InChI is InChI=1S/C18H20N6O3/c1-2-24-15-12(4-3-9-19-15)16(26)20-18(24)7-10-23(11-8-18)17(27)13-5-6-14(25)22-21-13/h3-6,9H,2,7-8,10-11H2,1H3,(H,20,26)(H,22,25). The van der Waals surface area contributed by atoms with Gasteiger partial charge in [-0.05, 0) is 25.1 Å². The Bertz CT molecular complexity index is 928. The van der Waals surface area contributed by atoms with Gasteiger partial charge in [0.05, 0.1) is 5.56 Å². The molecule has 0 aromatic carbocycles. The van der Waals surface area contributed by atoms with Gasteiger partial charge in [0.2, 0.25) is 0 Å². The average molecular weight is 368 g/mol. The zero-order chi connectivity index (χ0) is 19.0. The van der Waals surface area contributed by atoms with Crippen LogP contribution in [0.5, 0.6) is 0 Å². The van der Waals surface area contributed by atoms with Gasteiger partial charge in [-0.25, -0.2) is 10.1 Å². The van der Waals surface area contributed by atoms with Crippen LogP contribution in [-0.2, 0) is 0 Å². The number of anilines is 1. The van der Waals surface area contributed by atoms with Gasteiger partial charge in [0.1, 0.15) is 17.2 Å². The van der Waals surface area contributed by atoms with Crippen molar-refractivity contribution in [2.75, 3.05) is 24.5 Å². The highest BCUT2D eigenvalue weighted by Crippen LogP contribution is 2.35. The molecule has 9 nitrogen and oxygen atoms in total. The molecule has 0 radical (unpaired) electrons. The lowest BCUT2D eigenvalue weighted by molar-refractivity contribution is 0.0596. The number of hydrogen-bond acceptors (Lipinski definition) is 6. The highest BCUT2D eigenvalue weighted by molar-refractivity contribution is 6.01. The van der Waals surface area contributed by atoms with E-state index in [1.54, 1.807) is 23.2 Å². The lowest BCUT2D eigenvalue weighted by Crippen LogP contribution is -2.68. The number of piperidine rings is 1. The molecule has 2 aromatic rings. The van der Waals surface area contributed by atoms with Crippen molar-refractivity contribution < 1.29 is 9.59 Å². The lowest BCUT2D eigenvalue weighted by Gasteiger charge is -2.51. The first-order valence-corrected chi connectivity index (χ1v) is 8.94. The van der Waals surface area contributed by atoms with E-state index in [0.29, 0.717) is 43.9 Å². The molecule has 140 valence electrons. The summed E-state index contributed by atoms with van der Waals surface area (Å²) in [7, 11) is 0. The van der Waals surface area contributed by atoms with Crippen LogP contribution in [-0.4, -0.2) is 57.2 Å². The Balaban J connectivity index is 1.56. The third kappa shape index (κ3) is 2.84. The number of pyridine rings is 1. The first-order valence-electron chi connectivity index (χ1n) is 8.94. The van der Waals surface area contributed by atoms with Crippen molar-refractivity contribution in [3.05, 3.63) is 52.1 Å². The summed E-state index contributed by atoms with van der Waals surface area (Å²) in [5.74, 6) is 0.320. The van der Waals surface area contributed by atoms with Crippen LogP contribution >= 0.6 is 0 Å². The number of fused-ring (bicyclic) bond motifs is 1. The predicted octanol–water partition coefficient (Wildman–Crippen LogP) is 0.367. The largest absolute Gasteiger partial charge is 0.337 e. The molecule has 0 unspecified atom stereocenters. The van der Waals surface area contributed by atoms with E-state index in [9.17, 15) is 14.4 Å². The molecule has 2 aromatic heterocycles. The molecule has 2 aliphatic heterocycles. The van der Waals surface area contributed by atoms with Crippen molar-refractivity contribution in [3.63, 3.8) is 0 Å². The second-order valence-electron chi connectivity index (χ2n) is 6.70. The van der Waals surface area contributed by atoms with Crippen LogP contribution in [0.3, 0.4) is 0 Å². The SMILES string of the molecule is CCN1c2ncccc2C(=O)NC12CCN(C(=O)c1ccc(=O)[nH]n1)CC2. The second-order valence-corrected chi connectivity index (χ2v) is 6.70. The van der Waals surface area contributed by atoms with Crippen LogP contribution in [0, 0.1) is 0 Å². The summed E-state index contributed by atoms with van der Waals surface area (Å²) in [6.45, 7) is 3.66. The van der Waals surface area contributed by atoms with Gasteiger partial charge in [0.15, 0.2) is 0 Å². The molecule has 0 aliphatic carbocycles. The van der Waals surface area contributed by atoms with E-state index >= 15 is 0 Å². The van der Waals surface area contributed by atoms with Gasteiger partial charge in [0, 0.05) is 44.7 Å². The Morgan fingerprint density at radius 3 is 2.67 bits per heavy atom. The van der Waals surface area contributed by atoms with Gasteiger partial charge in [-0.15, -0.1) is 0 Å². The monoisotopic (exact) mass is 368 g/mol. The summed E-state index contributed by atoms with van der Waals surface area (Å²) in [5.41, 5.74) is -0.125. The van der Waals surface area contributed by atoms with Gasteiger partial charge in [-0.2, -0.15) is 5.10 Å². The van der Waals surface area contributed by atoms with Crippen molar-refractivity contribution in [2.24, 2.45) is 0 Å². The summed E-state index contributed by atoms with van der Waals surface area (Å²) >= 11 is 0. The van der Waals surface area contributed by atoms with E-state index < -0.39 is 5.66 Å². The van der Waals surface area contributed by atoms with Crippen LogP contribution in [0.25, 0.3) is 0 Å². The van der Waals surface area contributed by atoms with Gasteiger partial charge < -0.3 is 15.1 Å². The van der Waals surface area contributed by atoms with Crippen LogP contribution < -0.4 is 15.8 Å². The number of likely N-dealkylation sites (tertiary alicyclic amines) is 1. The topological polar surface area (TPSA) is 111 Å². The fourth-order valence-corrected chi connectivity index (χ4v) is 3.89. The number of carbonyl (C=O) groups is 2. The second kappa shape index (κ2) is 6.49. The summed E-state index contributed by atoms with van der Waals surface area (Å²) in [6, 6.07) is 6.23.